The molecule has 178 valence electrons. The first-order chi connectivity index (χ1) is 16.5. The van der Waals surface area contributed by atoms with Crippen LogP contribution >= 0.6 is 0 Å². The molecule has 10 heteroatoms. The normalized spacial score (nSPS) is 19.6. The van der Waals surface area contributed by atoms with E-state index in [1.165, 1.54) is 6.07 Å². The highest BCUT2D eigenvalue weighted by molar-refractivity contribution is 5.77. The standard InChI is InChI=1S/C24H26F2N6O2/c25-18-4-3-15(12-19(18)26)14-32-9-1-2-20(32)24-29-23(30-34-24)17-5-8-28-21(13-17)31-10-6-16(7-11-31)22(27)33/h3-5,8,12-13,16,20H,1-2,6-7,9-11,14H2,(H2,27,33)/t20-/m0/s1. The van der Waals surface area contributed by atoms with Crippen molar-refractivity contribution in [3.63, 3.8) is 0 Å². The largest absolute Gasteiger partial charge is 0.369 e. The Morgan fingerprint density at radius 2 is 1.91 bits per heavy atom. The molecule has 0 aliphatic carbocycles. The minimum Gasteiger partial charge on any atom is -0.369 e. The summed E-state index contributed by atoms with van der Waals surface area (Å²) in [4.78, 5) is 24.8. The zero-order valence-electron chi connectivity index (χ0n) is 18.7. The molecule has 2 aromatic heterocycles. The Kier molecular flexibility index (Phi) is 6.23. The van der Waals surface area contributed by atoms with E-state index in [1.807, 2.05) is 12.1 Å². The van der Waals surface area contributed by atoms with Crippen molar-refractivity contribution in [2.75, 3.05) is 24.5 Å². The summed E-state index contributed by atoms with van der Waals surface area (Å²) in [5.74, 6) is -0.238. The van der Waals surface area contributed by atoms with Gasteiger partial charge in [0, 0.05) is 37.3 Å². The van der Waals surface area contributed by atoms with E-state index in [0.717, 1.165) is 36.8 Å². The van der Waals surface area contributed by atoms with Gasteiger partial charge in [-0.2, -0.15) is 4.98 Å². The predicted molar refractivity (Wildman–Crippen MR) is 120 cm³/mol. The smallest absolute Gasteiger partial charge is 0.244 e. The number of primary amides is 1. The molecule has 2 aliphatic rings. The number of rotatable bonds is 6. The third-order valence-electron chi connectivity index (χ3n) is 6.69. The first-order valence-corrected chi connectivity index (χ1v) is 11.5. The maximum absolute atomic E-state index is 13.6. The summed E-state index contributed by atoms with van der Waals surface area (Å²) in [6.45, 7) is 2.70. The second kappa shape index (κ2) is 9.46. The highest BCUT2D eigenvalue weighted by Crippen LogP contribution is 2.34. The molecule has 0 bridgehead atoms. The lowest BCUT2D eigenvalue weighted by Crippen LogP contribution is -2.38. The Morgan fingerprint density at radius 3 is 2.68 bits per heavy atom. The Labute approximate surface area is 195 Å². The molecule has 2 fully saturated rings. The molecule has 4 heterocycles. The van der Waals surface area contributed by atoms with Gasteiger partial charge in [0.2, 0.25) is 17.6 Å². The minimum absolute atomic E-state index is 0.0801. The third kappa shape index (κ3) is 4.63. The highest BCUT2D eigenvalue weighted by atomic mass is 19.2. The van der Waals surface area contributed by atoms with Gasteiger partial charge < -0.3 is 15.2 Å². The zero-order valence-corrected chi connectivity index (χ0v) is 18.7. The fraction of sp³-hybridized carbons (Fsp3) is 0.417. The topological polar surface area (TPSA) is 101 Å². The lowest BCUT2D eigenvalue weighted by atomic mass is 9.96. The number of carbonyl (C=O) groups excluding carboxylic acids is 1. The number of hydrogen-bond acceptors (Lipinski definition) is 7. The van der Waals surface area contributed by atoms with Crippen LogP contribution in [0, 0.1) is 17.6 Å². The zero-order chi connectivity index (χ0) is 23.7. The summed E-state index contributed by atoms with van der Waals surface area (Å²) in [5.41, 5.74) is 6.93. The van der Waals surface area contributed by atoms with Crippen LogP contribution in [0.3, 0.4) is 0 Å². The van der Waals surface area contributed by atoms with Gasteiger partial charge in [-0.1, -0.05) is 11.2 Å². The van der Waals surface area contributed by atoms with Gasteiger partial charge in [0.1, 0.15) is 5.82 Å². The molecule has 1 aromatic carbocycles. The fourth-order valence-electron chi connectivity index (χ4n) is 4.78. The van der Waals surface area contributed by atoms with Crippen molar-refractivity contribution in [3.8, 4) is 11.4 Å². The van der Waals surface area contributed by atoms with E-state index in [9.17, 15) is 13.6 Å². The van der Waals surface area contributed by atoms with E-state index >= 15 is 0 Å². The lowest BCUT2D eigenvalue weighted by Gasteiger charge is -2.31. The molecule has 8 nitrogen and oxygen atoms in total. The second-order valence-electron chi connectivity index (χ2n) is 8.90. The van der Waals surface area contributed by atoms with E-state index in [4.69, 9.17) is 10.3 Å². The van der Waals surface area contributed by atoms with E-state index < -0.39 is 11.6 Å². The number of halogens is 2. The predicted octanol–water partition coefficient (Wildman–Crippen LogP) is 3.45. The summed E-state index contributed by atoms with van der Waals surface area (Å²) < 4.78 is 32.5. The number of anilines is 1. The van der Waals surface area contributed by atoms with Gasteiger partial charge in [0.25, 0.3) is 0 Å². The van der Waals surface area contributed by atoms with Crippen molar-refractivity contribution in [3.05, 3.63) is 59.6 Å². The van der Waals surface area contributed by atoms with Crippen molar-refractivity contribution >= 4 is 11.7 Å². The van der Waals surface area contributed by atoms with Gasteiger partial charge >= 0.3 is 0 Å². The lowest BCUT2D eigenvalue weighted by molar-refractivity contribution is -0.122. The van der Waals surface area contributed by atoms with Gasteiger partial charge in [-0.15, -0.1) is 0 Å². The molecule has 1 atom stereocenters. The number of nitrogens with two attached hydrogens (primary N) is 1. The average Bonchev–Trinajstić information content (AvgIpc) is 3.51. The number of amides is 1. The minimum atomic E-state index is -0.850. The Morgan fingerprint density at radius 1 is 1.09 bits per heavy atom. The van der Waals surface area contributed by atoms with E-state index in [-0.39, 0.29) is 17.9 Å². The van der Waals surface area contributed by atoms with Crippen LogP contribution < -0.4 is 10.6 Å². The number of hydrogen-bond donors (Lipinski definition) is 1. The molecule has 2 saturated heterocycles. The molecule has 0 saturated carbocycles. The van der Waals surface area contributed by atoms with Crippen LogP contribution in [0.4, 0.5) is 14.6 Å². The van der Waals surface area contributed by atoms with Crippen molar-refractivity contribution in [2.45, 2.75) is 38.3 Å². The van der Waals surface area contributed by atoms with Crippen LogP contribution in [-0.2, 0) is 11.3 Å². The van der Waals surface area contributed by atoms with Crippen molar-refractivity contribution in [2.24, 2.45) is 11.7 Å². The summed E-state index contributed by atoms with van der Waals surface area (Å²) in [5, 5.41) is 4.19. The quantitative estimate of drug-likeness (QED) is 0.591. The van der Waals surface area contributed by atoms with Crippen LogP contribution in [-0.4, -0.2) is 45.6 Å². The molecule has 34 heavy (non-hydrogen) atoms. The third-order valence-corrected chi connectivity index (χ3v) is 6.69. The molecule has 3 aromatic rings. The number of nitrogens with zero attached hydrogens (tertiary/aromatic N) is 5. The molecule has 2 aliphatic heterocycles. The summed E-state index contributed by atoms with van der Waals surface area (Å²) in [7, 11) is 0. The van der Waals surface area contributed by atoms with Crippen LogP contribution in [0.15, 0.2) is 41.1 Å². The van der Waals surface area contributed by atoms with Crippen LogP contribution in [0.2, 0.25) is 0 Å². The van der Waals surface area contributed by atoms with Crippen molar-refractivity contribution in [1.29, 1.82) is 0 Å². The molecular weight excluding hydrogens is 442 g/mol. The Hall–Kier alpha value is -3.40. The second-order valence-corrected chi connectivity index (χ2v) is 8.90. The Bertz CT molecular complexity index is 1180. The van der Waals surface area contributed by atoms with Gasteiger partial charge in [-0.05, 0) is 62.1 Å². The van der Waals surface area contributed by atoms with Crippen LogP contribution in [0.1, 0.15) is 43.2 Å². The van der Waals surface area contributed by atoms with Crippen molar-refractivity contribution in [1.82, 2.24) is 20.0 Å². The van der Waals surface area contributed by atoms with Gasteiger partial charge in [0.15, 0.2) is 11.6 Å². The first-order valence-electron chi connectivity index (χ1n) is 11.5. The summed E-state index contributed by atoms with van der Waals surface area (Å²) in [6.07, 6.45) is 4.94. The molecule has 0 spiro atoms. The van der Waals surface area contributed by atoms with Crippen LogP contribution in [0.25, 0.3) is 11.4 Å². The maximum atomic E-state index is 13.6. The van der Waals surface area contributed by atoms with E-state index in [2.05, 4.69) is 24.9 Å². The average molecular weight is 469 g/mol. The maximum Gasteiger partial charge on any atom is 0.244 e. The van der Waals surface area contributed by atoms with Gasteiger partial charge in [0.05, 0.1) is 6.04 Å². The van der Waals surface area contributed by atoms with E-state index in [0.29, 0.717) is 49.8 Å². The van der Waals surface area contributed by atoms with Crippen molar-refractivity contribution < 1.29 is 18.1 Å². The number of benzene rings is 1. The molecule has 1 amide bonds. The molecule has 0 radical (unpaired) electrons. The SMILES string of the molecule is NC(=O)C1CCN(c2cc(-c3noc([C@@H]4CCCN4Cc4ccc(F)c(F)c4)n3)ccn2)CC1. The number of carbonyl (C=O) groups is 1. The number of aromatic nitrogens is 3. The molecule has 0 unspecified atom stereocenters. The summed E-state index contributed by atoms with van der Waals surface area (Å²) >= 11 is 0. The summed E-state index contributed by atoms with van der Waals surface area (Å²) in [6, 6.07) is 7.66. The number of pyridine rings is 1. The molecule has 2 N–H and O–H groups in total. The molecule has 5 rings (SSSR count). The highest BCUT2D eigenvalue weighted by Gasteiger charge is 2.31. The van der Waals surface area contributed by atoms with E-state index in [1.54, 1.807) is 12.3 Å². The number of likely N-dealkylation sites (tertiary alicyclic amines) is 1. The molecular formula is C24H26F2N6O2. The first kappa shape index (κ1) is 22.4. The van der Waals surface area contributed by atoms with Gasteiger partial charge in [-0.3, -0.25) is 9.69 Å². The Balaban J connectivity index is 1.29. The fourth-order valence-corrected chi connectivity index (χ4v) is 4.78. The van der Waals surface area contributed by atoms with Gasteiger partial charge in [-0.25, -0.2) is 13.8 Å². The number of piperidine rings is 1. The van der Waals surface area contributed by atoms with Crippen LogP contribution in [0.5, 0.6) is 0 Å². The monoisotopic (exact) mass is 468 g/mol.